The lowest BCUT2D eigenvalue weighted by Crippen LogP contribution is -2.15. The number of nitrogens with two attached hydrogens (primary N) is 1. The van der Waals surface area contributed by atoms with Crippen LogP contribution in [0.15, 0.2) is 10.3 Å². The molecule has 6 heteroatoms. The van der Waals surface area contributed by atoms with Crippen LogP contribution >= 0.6 is 11.8 Å². The van der Waals surface area contributed by atoms with Crippen molar-refractivity contribution in [3.63, 3.8) is 0 Å². The molecule has 0 fully saturated rings. The first-order valence-electron chi connectivity index (χ1n) is 4.55. The third kappa shape index (κ3) is 6.32. The van der Waals surface area contributed by atoms with E-state index in [1.165, 1.54) is 11.8 Å². The molecule has 0 aliphatic heterocycles. The lowest BCUT2D eigenvalue weighted by Gasteiger charge is -2.13. The lowest BCUT2D eigenvalue weighted by molar-refractivity contribution is -0.105. The van der Waals surface area contributed by atoms with Crippen molar-refractivity contribution in [2.45, 2.75) is 19.1 Å². The van der Waals surface area contributed by atoms with Crippen LogP contribution in [0.25, 0.3) is 0 Å². The summed E-state index contributed by atoms with van der Waals surface area (Å²) in [5.41, 5.74) is 5.36. The van der Waals surface area contributed by atoms with Crippen LogP contribution in [0.3, 0.4) is 0 Å². The zero-order valence-corrected chi connectivity index (χ0v) is 11.0. The second-order valence-corrected chi connectivity index (χ2v) is 5.03. The second-order valence-electron chi connectivity index (χ2n) is 2.77. The smallest absolute Gasteiger partial charge is 0.157 e. The number of hydrogen-bond acceptors (Lipinski definition) is 5. The van der Waals surface area contributed by atoms with Crippen molar-refractivity contribution < 1.29 is 13.7 Å². The van der Waals surface area contributed by atoms with E-state index in [9.17, 15) is 4.21 Å². The fourth-order valence-electron chi connectivity index (χ4n) is 1.06. The maximum Gasteiger partial charge on any atom is 0.157 e. The summed E-state index contributed by atoms with van der Waals surface area (Å²) in [5, 5.41) is 1.88. The Kier molecular flexibility index (Phi) is 9.43. The molecule has 0 saturated carbocycles. The van der Waals surface area contributed by atoms with E-state index in [1.807, 2.05) is 11.7 Å². The predicted molar refractivity (Wildman–Crippen MR) is 65.8 cm³/mol. The molecule has 0 bridgehead atoms. The Balaban J connectivity index is 4.18. The molecule has 0 rings (SSSR count). The van der Waals surface area contributed by atoms with E-state index in [2.05, 4.69) is 0 Å². The molecule has 0 heterocycles. The first kappa shape index (κ1) is 15.1. The number of hydrogen-bond donors (Lipinski definition) is 1. The van der Waals surface area contributed by atoms with E-state index in [4.69, 9.17) is 15.2 Å². The summed E-state index contributed by atoms with van der Waals surface area (Å²) in [7, 11) is 2.10. The van der Waals surface area contributed by atoms with Crippen LogP contribution in [0.2, 0.25) is 0 Å². The Labute approximate surface area is 98.0 Å². The summed E-state index contributed by atoms with van der Waals surface area (Å²) < 4.78 is 21.6. The lowest BCUT2D eigenvalue weighted by atomic mass is 10.3. The summed E-state index contributed by atoms with van der Waals surface area (Å²) in [5.74, 6) is 0.164. The molecule has 1 atom stereocenters. The highest BCUT2D eigenvalue weighted by Crippen LogP contribution is 2.16. The molecule has 0 aromatic heterocycles. The van der Waals surface area contributed by atoms with Crippen LogP contribution < -0.4 is 5.73 Å². The van der Waals surface area contributed by atoms with Crippen molar-refractivity contribution in [2.75, 3.05) is 26.4 Å². The topological polar surface area (TPSA) is 61.5 Å². The van der Waals surface area contributed by atoms with E-state index >= 15 is 0 Å². The SMILES string of the molecule is COC(CC/C(=C/SC)S(=O)CN)OC. The highest BCUT2D eigenvalue weighted by molar-refractivity contribution is 8.02. The van der Waals surface area contributed by atoms with Gasteiger partial charge >= 0.3 is 0 Å². The maximum absolute atomic E-state index is 11.5. The van der Waals surface area contributed by atoms with Crippen molar-refractivity contribution in [1.29, 1.82) is 0 Å². The zero-order valence-electron chi connectivity index (χ0n) is 9.39. The summed E-state index contributed by atoms with van der Waals surface area (Å²) in [6.07, 6.45) is 3.05. The van der Waals surface area contributed by atoms with Gasteiger partial charge in [0.05, 0.1) is 16.7 Å². The molecular weight excluding hydrogens is 234 g/mol. The number of thioether (sulfide) groups is 1. The molecule has 2 N–H and O–H groups in total. The van der Waals surface area contributed by atoms with Gasteiger partial charge in [0.25, 0.3) is 0 Å². The van der Waals surface area contributed by atoms with Crippen LogP contribution in [0.4, 0.5) is 0 Å². The minimum Gasteiger partial charge on any atom is -0.356 e. The molecule has 90 valence electrons. The number of ether oxygens (including phenoxy) is 2. The minimum absolute atomic E-state index is 0.164. The van der Waals surface area contributed by atoms with Crippen LogP contribution in [-0.2, 0) is 20.3 Å². The quantitative estimate of drug-likeness (QED) is 0.660. The third-order valence-corrected chi connectivity index (χ3v) is 3.72. The Bertz CT molecular complexity index is 217. The predicted octanol–water partition coefficient (Wildman–Crippen LogP) is 1.25. The first-order valence-corrected chi connectivity index (χ1v) is 7.16. The van der Waals surface area contributed by atoms with Gasteiger partial charge in [0.2, 0.25) is 0 Å². The third-order valence-electron chi connectivity index (χ3n) is 1.85. The molecule has 0 aromatic rings. The van der Waals surface area contributed by atoms with Gasteiger partial charge < -0.3 is 15.2 Å². The summed E-state index contributed by atoms with van der Waals surface area (Å²) in [4.78, 5) is 0.851. The van der Waals surface area contributed by atoms with Gasteiger partial charge in [-0.3, -0.25) is 4.21 Å². The average molecular weight is 253 g/mol. The molecular formula is C9H19NO3S2. The molecule has 0 aromatic carbocycles. The van der Waals surface area contributed by atoms with E-state index in [1.54, 1.807) is 14.2 Å². The maximum atomic E-state index is 11.5. The van der Waals surface area contributed by atoms with Crippen molar-refractivity contribution in [3.05, 3.63) is 10.3 Å². The van der Waals surface area contributed by atoms with Gasteiger partial charge in [-0.05, 0) is 18.1 Å². The van der Waals surface area contributed by atoms with E-state index in [0.29, 0.717) is 12.8 Å². The van der Waals surface area contributed by atoms with Gasteiger partial charge in [0.1, 0.15) is 0 Å². The summed E-state index contributed by atoms with van der Waals surface area (Å²) >= 11 is 1.53. The number of allylic oxidation sites excluding steroid dienone is 1. The largest absolute Gasteiger partial charge is 0.356 e. The molecule has 0 amide bonds. The second kappa shape index (κ2) is 9.35. The standard InChI is InChI=1S/C9H19NO3S2/c1-12-9(13-2)5-4-8(6-14-3)15(11)7-10/h6,9H,4-5,7,10H2,1-3H3/b8-6-. The van der Waals surface area contributed by atoms with Gasteiger partial charge in [-0.25, -0.2) is 0 Å². The summed E-state index contributed by atoms with van der Waals surface area (Å²) in [6, 6.07) is 0. The molecule has 15 heavy (non-hydrogen) atoms. The molecule has 0 spiro atoms. The Morgan fingerprint density at radius 3 is 2.53 bits per heavy atom. The van der Waals surface area contributed by atoms with E-state index in [0.717, 1.165) is 4.91 Å². The summed E-state index contributed by atoms with van der Waals surface area (Å²) in [6.45, 7) is 0. The first-order chi connectivity index (χ1) is 7.19. The zero-order chi connectivity index (χ0) is 11.7. The van der Waals surface area contributed by atoms with Gasteiger partial charge in [0.15, 0.2) is 6.29 Å². The van der Waals surface area contributed by atoms with Crippen LogP contribution in [0.5, 0.6) is 0 Å². The average Bonchev–Trinajstić information content (AvgIpc) is 2.27. The normalized spacial score (nSPS) is 14.6. The van der Waals surface area contributed by atoms with Crippen LogP contribution in [-0.4, -0.2) is 36.9 Å². The number of methoxy groups -OCH3 is 2. The van der Waals surface area contributed by atoms with Crippen molar-refractivity contribution >= 4 is 22.6 Å². The fraction of sp³-hybridized carbons (Fsp3) is 0.778. The van der Waals surface area contributed by atoms with Gasteiger partial charge in [-0.15, -0.1) is 11.8 Å². The molecule has 0 saturated heterocycles. The van der Waals surface area contributed by atoms with Gasteiger partial charge in [-0.1, -0.05) is 0 Å². The van der Waals surface area contributed by atoms with Crippen molar-refractivity contribution in [2.24, 2.45) is 5.73 Å². The molecule has 4 nitrogen and oxygen atoms in total. The fourth-order valence-corrected chi connectivity index (χ4v) is 2.72. The van der Waals surface area contributed by atoms with Crippen molar-refractivity contribution in [3.8, 4) is 0 Å². The Morgan fingerprint density at radius 2 is 2.13 bits per heavy atom. The molecule has 0 aliphatic carbocycles. The molecule has 1 unspecified atom stereocenters. The number of rotatable bonds is 8. The highest BCUT2D eigenvalue weighted by Gasteiger charge is 2.10. The van der Waals surface area contributed by atoms with Gasteiger partial charge in [0, 0.05) is 25.5 Å². The van der Waals surface area contributed by atoms with Crippen LogP contribution in [0.1, 0.15) is 12.8 Å². The molecule has 0 radical (unpaired) electrons. The Hall–Kier alpha value is 0.120. The van der Waals surface area contributed by atoms with Crippen molar-refractivity contribution in [1.82, 2.24) is 0 Å². The monoisotopic (exact) mass is 253 g/mol. The molecule has 0 aliphatic rings. The Morgan fingerprint density at radius 1 is 1.53 bits per heavy atom. The minimum atomic E-state index is -1.08. The van der Waals surface area contributed by atoms with Crippen LogP contribution in [0, 0.1) is 0 Å². The van der Waals surface area contributed by atoms with Gasteiger partial charge in [-0.2, -0.15) is 0 Å². The highest BCUT2D eigenvalue weighted by atomic mass is 32.2. The van der Waals surface area contributed by atoms with E-state index < -0.39 is 10.8 Å². The van der Waals surface area contributed by atoms with E-state index in [-0.39, 0.29) is 12.2 Å².